The summed E-state index contributed by atoms with van der Waals surface area (Å²) in [4.78, 5) is 9.00. The van der Waals surface area contributed by atoms with Gasteiger partial charge in [0.05, 0.1) is 0 Å². The van der Waals surface area contributed by atoms with E-state index in [2.05, 4.69) is 42.7 Å². The van der Waals surface area contributed by atoms with Gasteiger partial charge in [0.25, 0.3) is 0 Å². The molecule has 0 aromatic heterocycles. The largest absolute Gasteiger partial charge is 0.352 e. The van der Waals surface area contributed by atoms with Gasteiger partial charge in [-0.05, 0) is 12.0 Å². The van der Waals surface area contributed by atoms with Gasteiger partial charge in [-0.15, -0.1) is 0 Å². The van der Waals surface area contributed by atoms with E-state index in [1.54, 1.807) is 0 Å². The first-order valence-electron chi connectivity index (χ1n) is 3.75. The second-order valence-electron chi connectivity index (χ2n) is 2.24. The molecular weight excluding hydrogens is 152 g/mol. The van der Waals surface area contributed by atoms with Crippen molar-refractivity contribution in [2.45, 2.75) is 13.3 Å². The summed E-state index contributed by atoms with van der Waals surface area (Å²) >= 11 is 0. The summed E-state index contributed by atoms with van der Waals surface area (Å²) in [5.41, 5.74) is 9.91. The molecule has 4 N–H and O–H groups in total. The van der Waals surface area contributed by atoms with Crippen LogP contribution in [0.1, 0.15) is 12.5 Å². The van der Waals surface area contributed by atoms with Crippen LogP contribution in [0.5, 0.6) is 0 Å². The second kappa shape index (κ2) is 6.22. The fraction of sp³-hybridized carbons (Fsp3) is 0.222. The molecule has 66 valence electrons. The van der Waals surface area contributed by atoms with Crippen molar-refractivity contribution in [1.29, 1.82) is 0 Å². The van der Waals surface area contributed by atoms with E-state index in [1.165, 1.54) is 5.56 Å². The smallest absolute Gasteiger partial charge is 0.309 e. The highest BCUT2D eigenvalue weighted by atomic mass is 16.2. The van der Waals surface area contributed by atoms with E-state index in [-0.39, 0.29) is 0 Å². The Hall–Kier alpha value is -1.51. The summed E-state index contributed by atoms with van der Waals surface area (Å²) in [5.74, 6) is 0. The van der Waals surface area contributed by atoms with E-state index in [0.717, 1.165) is 6.42 Å². The van der Waals surface area contributed by atoms with Crippen LogP contribution in [0.4, 0.5) is 4.79 Å². The molecule has 0 bridgehead atoms. The second-order valence-corrected chi connectivity index (χ2v) is 2.24. The van der Waals surface area contributed by atoms with Crippen LogP contribution in [0.25, 0.3) is 0 Å². The van der Waals surface area contributed by atoms with Crippen molar-refractivity contribution in [3.8, 4) is 0 Å². The number of hydrogen-bond donors (Lipinski definition) is 2. The predicted molar refractivity (Wildman–Crippen MR) is 49.6 cm³/mol. The third-order valence-corrected chi connectivity index (χ3v) is 1.25. The summed E-state index contributed by atoms with van der Waals surface area (Å²) in [7, 11) is 0. The van der Waals surface area contributed by atoms with Gasteiger partial charge in [-0.2, -0.15) is 0 Å². The van der Waals surface area contributed by atoms with Crippen LogP contribution in [0.2, 0.25) is 0 Å². The number of amides is 2. The Morgan fingerprint density at radius 1 is 1.25 bits per heavy atom. The first-order chi connectivity index (χ1) is 5.66. The number of hydrogen-bond acceptors (Lipinski definition) is 1. The lowest BCUT2D eigenvalue weighted by atomic mass is 10.2. The summed E-state index contributed by atoms with van der Waals surface area (Å²) < 4.78 is 0. The van der Waals surface area contributed by atoms with Gasteiger partial charge in [-0.25, -0.2) is 4.79 Å². The monoisotopic (exact) mass is 166 g/mol. The third-order valence-electron chi connectivity index (χ3n) is 1.25. The normalized spacial score (nSPS) is 8.08. The molecule has 0 radical (unpaired) electrons. The number of carbonyl (C=O) groups is 1. The SMILES string of the molecule is CCc1ccccc1.NC(N)=O. The molecule has 3 heteroatoms. The highest BCUT2D eigenvalue weighted by Crippen LogP contribution is 1.96. The van der Waals surface area contributed by atoms with Crippen molar-refractivity contribution in [2.24, 2.45) is 11.5 Å². The molecule has 0 atom stereocenters. The Bertz CT molecular complexity index is 217. The maximum atomic E-state index is 9.00. The van der Waals surface area contributed by atoms with E-state index in [1.807, 2.05) is 6.07 Å². The summed E-state index contributed by atoms with van der Waals surface area (Å²) in [6.07, 6.45) is 1.14. The minimum Gasteiger partial charge on any atom is -0.352 e. The topological polar surface area (TPSA) is 69.1 Å². The van der Waals surface area contributed by atoms with Crippen molar-refractivity contribution >= 4 is 6.03 Å². The number of aryl methyl sites for hydroxylation is 1. The highest BCUT2D eigenvalue weighted by Gasteiger charge is 1.79. The third kappa shape index (κ3) is 6.61. The van der Waals surface area contributed by atoms with Crippen LogP contribution in [0, 0.1) is 0 Å². The molecule has 2 amide bonds. The Morgan fingerprint density at radius 3 is 1.92 bits per heavy atom. The van der Waals surface area contributed by atoms with E-state index >= 15 is 0 Å². The molecule has 0 unspecified atom stereocenters. The zero-order valence-corrected chi connectivity index (χ0v) is 7.16. The molecule has 3 nitrogen and oxygen atoms in total. The molecule has 0 saturated carbocycles. The average Bonchev–Trinajstić information content (AvgIpc) is 2.05. The van der Waals surface area contributed by atoms with Crippen LogP contribution in [0.15, 0.2) is 30.3 Å². The van der Waals surface area contributed by atoms with Gasteiger partial charge in [0.1, 0.15) is 0 Å². The Morgan fingerprint density at radius 2 is 1.67 bits per heavy atom. The first kappa shape index (κ1) is 10.5. The number of primary amides is 2. The molecule has 1 rings (SSSR count). The van der Waals surface area contributed by atoms with Crippen molar-refractivity contribution in [2.75, 3.05) is 0 Å². The van der Waals surface area contributed by atoms with Crippen molar-refractivity contribution in [1.82, 2.24) is 0 Å². The van der Waals surface area contributed by atoms with Gasteiger partial charge in [-0.3, -0.25) is 0 Å². The van der Waals surface area contributed by atoms with Crippen LogP contribution in [-0.4, -0.2) is 6.03 Å². The van der Waals surface area contributed by atoms with E-state index in [0.29, 0.717) is 0 Å². The number of urea groups is 1. The van der Waals surface area contributed by atoms with Gasteiger partial charge in [0.15, 0.2) is 0 Å². The summed E-state index contributed by atoms with van der Waals surface area (Å²) in [6.45, 7) is 2.16. The van der Waals surface area contributed by atoms with Gasteiger partial charge in [-0.1, -0.05) is 37.3 Å². The maximum absolute atomic E-state index is 9.00. The fourth-order valence-corrected chi connectivity index (χ4v) is 0.714. The van der Waals surface area contributed by atoms with Gasteiger partial charge < -0.3 is 11.5 Å². The van der Waals surface area contributed by atoms with Gasteiger partial charge >= 0.3 is 6.03 Å². The molecule has 0 aliphatic heterocycles. The molecule has 0 spiro atoms. The van der Waals surface area contributed by atoms with Crippen LogP contribution in [0.3, 0.4) is 0 Å². The molecule has 0 aliphatic carbocycles. The standard InChI is InChI=1S/C8H10.CH4N2O/c1-2-8-6-4-3-5-7-8;2-1(3)4/h3-7H,2H2,1H3;(H4,2,3,4). The number of benzene rings is 1. The van der Waals surface area contributed by atoms with Gasteiger partial charge in [0.2, 0.25) is 0 Å². The zero-order chi connectivity index (χ0) is 9.40. The lowest BCUT2D eigenvalue weighted by Gasteiger charge is -1.89. The van der Waals surface area contributed by atoms with E-state index in [4.69, 9.17) is 4.79 Å². The predicted octanol–water partition coefficient (Wildman–Crippen LogP) is 1.27. The minimum atomic E-state index is -0.833. The molecule has 0 aliphatic rings. The molecule has 1 aromatic rings. The molecular formula is C9H14N2O. The Kier molecular flexibility index (Phi) is 5.43. The minimum absolute atomic E-state index is 0.833. The highest BCUT2D eigenvalue weighted by molar-refractivity contribution is 5.69. The van der Waals surface area contributed by atoms with Crippen LogP contribution >= 0.6 is 0 Å². The number of rotatable bonds is 1. The first-order valence-corrected chi connectivity index (χ1v) is 3.75. The number of carbonyl (C=O) groups excluding carboxylic acids is 1. The van der Waals surface area contributed by atoms with Crippen LogP contribution in [-0.2, 0) is 6.42 Å². The van der Waals surface area contributed by atoms with Crippen molar-refractivity contribution in [3.05, 3.63) is 35.9 Å². The summed E-state index contributed by atoms with van der Waals surface area (Å²) in [5, 5.41) is 0. The fourth-order valence-electron chi connectivity index (χ4n) is 0.714. The lowest BCUT2D eigenvalue weighted by molar-refractivity contribution is 0.256. The van der Waals surface area contributed by atoms with E-state index in [9.17, 15) is 0 Å². The van der Waals surface area contributed by atoms with Crippen molar-refractivity contribution < 1.29 is 4.79 Å². The molecule has 1 aromatic carbocycles. The van der Waals surface area contributed by atoms with Gasteiger partial charge in [0, 0.05) is 0 Å². The quantitative estimate of drug-likeness (QED) is 0.648. The maximum Gasteiger partial charge on any atom is 0.309 e. The van der Waals surface area contributed by atoms with Crippen molar-refractivity contribution in [3.63, 3.8) is 0 Å². The zero-order valence-electron chi connectivity index (χ0n) is 7.16. The van der Waals surface area contributed by atoms with Crippen LogP contribution < -0.4 is 11.5 Å². The Labute approximate surface area is 72.4 Å². The molecule has 0 heterocycles. The van der Waals surface area contributed by atoms with E-state index < -0.39 is 6.03 Å². The average molecular weight is 166 g/mol. The lowest BCUT2D eigenvalue weighted by Crippen LogP contribution is -2.18. The summed E-state index contributed by atoms with van der Waals surface area (Å²) in [6, 6.07) is 9.62. The molecule has 0 saturated heterocycles. The Balaban J connectivity index is 0.000000261. The molecule has 12 heavy (non-hydrogen) atoms. The molecule has 0 fully saturated rings. The number of nitrogens with two attached hydrogens (primary N) is 2.